The molecule has 5 nitrogen and oxygen atoms in total. The Balaban J connectivity index is 1.87. The van der Waals surface area contributed by atoms with Crippen molar-refractivity contribution in [3.8, 4) is 17.2 Å². The minimum absolute atomic E-state index is 0.143. The first-order valence-corrected chi connectivity index (χ1v) is 7.62. The summed E-state index contributed by atoms with van der Waals surface area (Å²) in [6, 6.07) is 12.6. The summed E-state index contributed by atoms with van der Waals surface area (Å²) < 4.78 is 24.2. The highest BCUT2D eigenvalue weighted by atomic mass is 19.1. The molecular weight excluding hydrogens is 313 g/mol. The van der Waals surface area contributed by atoms with E-state index in [1.165, 1.54) is 12.1 Å². The SMILES string of the molecule is CC(CC(C)Oc1ccc(Oc2ccc(F)cc2)cc1)NC(=O)O. The van der Waals surface area contributed by atoms with Crippen molar-refractivity contribution in [2.75, 3.05) is 0 Å². The third kappa shape index (κ3) is 5.79. The molecule has 0 aliphatic carbocycles. The van der Waals surface area contributed by atoms with E-state index in [9.17, 15) is 9.18 Å². The number of halogens is 1. The van der Waals surface area contributed by atoms with Crippen LogP contribution < -0.4 is 14.8 Å². The molecule has 0 spiro atoms. The number of hydrogen-bond donors (Lipinski definition) is 2. The number of amides is 1. The van der Waals surface area contributed by atoms with Crippen LogP contribution in [0.2, 0.25) is 0 Å². The fraction of sp³-hybridized carbons (Fsp3) is 0.278. The van der Waals surface area contributed by atoms with Gasteiger partial charge in [-0.1, -0.05) is 0 Å². The lowest BCUT2D eigenvalue weighted by molar-refractivity contribution is 0.175. The van der Waals surface area contributed by atoms with E-state index >= 15 is 0 Å². The Hall–Kier alpha value is -2.76. The van der Waals surface area contributed by atoms with Crippen LogP contribution in [0.5, 0.6) is 17.2 Å². The van der Waals surface area contributed by atoms with Gasteiger partial charge >= 0.3 is 6.09 Å². The van der Waals surface area contributed by atoms with Crippen LogP contribution in [0.1, 0.15) is 20.3 Å². The molecule has 0 radical (unpaired) electrons. The van der Waals surface area contributed by atoms with E-state index in [1.807, 2.05) is 6.92 Å². The maximum Gasteiger partial charge on any atom is 0.404 e. The summed E-state index contributed by atoms with van der Waals surface area (Å²) in [5.41, 5.74) is 0. The smallest absolute Gasteiger partial charge is 0.404 e. The van der Waals surface area contributed by atoms with Crippen LogP contribution in [-0.2, 0) is 0 Å². The van der Waals surface area contributed by atoms with Gasteiger partial charge in [-0.05, 0) is 62.4 Å². The number of carboxylic acid groups (broad SMARTS) is 1. The number of ether oxygens (including phenoxy) is 2. The van der Waals surface area contributed by atoms with Crippen molar-refractivity contribution in [1.82, 2.24) is 5.32 Å². The molecule has 0 aliphatic rings. The lowest BCUT2D eigenvalue weighted by Crippen LogP contribution is -2.34. The first-order valence-electron chi connectivity index (χ1n) is 7.62. The van der Waals surface area contributed by atoms with E-state index in [0.29, 0.717) is 23.7 Å². The number of carbonyl (C=O) groups is 1. The lowest BCUT2D eigenvalue weighted by atomic mass is 10.1. The molecule has 2 aromatic carbocycles. The third-order valence-corrected chi connectivity index (χ3v) is 3.27. The minimum atomic E-state index is -1.04. The predicted octanol–water partition coefficient (Wildman–Crippen LogP) is 4.43. The fourth-order valence-electron chi connectivity index (χ4n) is 2.27. The molecule has 6 heteroatoms. The number of hydrogen-bond acceptors (Lipinski definition) is 3. The Kier molecular flexibility index (Phi) is 6.01. The van der Waals surface area contributed by atoms with Crippen molar-refractivity contribution in [1.29, 1.82) is 0 Å². The molecule has 2 aromatic rings. The van der Waals surface area contributed by atoms with Crippen molar-refractivity contribution in [3.05, 3.63) is 54.3 Å². The second kappa shape index (κ2) is 8.19. The van der Waals surface area contributed by atoms with E-state index in [4.69, 9.17) is 14.6 Å². The number of nitrogens with one attached hydrogen (secondary N) is 1. The Morgan fingerprint density at radius 2 is 1.54 bits per heavy atom. The van der Waals surface area contributed by atoms with Crippen LogP contribution in [-0.4, -0.2) is 23.3 Å². The van der Waals surface area contributed by atoms with Crippen molar-refractivity contribution >= 4 is 6.09 Å². The van der Waals surface area contributed by atoms with Crippen LogP contribution in [0.25, 0.3) is 0 Å². The Labute approximate surface area is 140 Å². The zero-order valence-electron chi connectivity index (χ0n) is 13.5. The highest BCUT2D eigenvalue weighted by Crippen LogP contribution is 2.24. The van der Waals surface area contributed by atoms with E-state index < -0.39 is 6.09 Å². The first kappa shape index (κ1) is 17.6. The molecule has 1 amide bonds. The zero-order chi connectivity index (χ0) is 17.5. The lowest BCUT2D eigenvalue weighted by Gasteiger charge is -2.19. The summed E-state index contributed by atoms with van der Waals surface area (Å²) in [7, 11) is 0. The molecule has 2 atom stereocenters. The molecule has 128 valence electrons. The van der Waals surface area contributed by atoms with Crippen LogP contribution in [0.15, 0.2) is 48.5 Å². The molecule has 24 heavy (non-hydrogen) atoms. The third-order valence-electron chi connectivity index (χ3n) is 3.27. The van der Waals surface area contributed by atoms with Crippen molar-refractivity contribution in [2.24, 2.45) is 0 Å². The fourth-order valence-corrected chi connectivity index (χ4v) is 2.27. The predicted molar refractivity (Wildman–Crippen MR) is 88.2 cm³/mol. The average Bonchev–Trinajstić information content (AvgIpc) is 2.50. The van der Waals surface area contributed by atoms with Gasteiger partial charge < -0.3 is 19.9 Å². The summed E-state index contributed by atoms with van der Waals surface area (Å²) in [5.74, 6) is 1.51. The summed E-state index contributed by atoms with van der Waals surface area (Å²) >= 11 is 0. The molecular formula is C18H20FNO4. The van der Waals surface area contributed by atoms with Crippen molar-refractivity contribution < 1.29 is 23.8 Å². The molecule has 0 saturated heterocycles. The van der Waals surface area contributed by atoms with Crippen molar-refractivity contribution in [2.45, 2.75) is 32.4 Å². The second-order valence-corrected chi connectivity index (χ2v) is 5.54. The highest BCUT2D eigenvalue weighted by Gasteiger charge is 2.12. The standard InChI is InChI=1S/C18H20FNO4/c1-12(20-18(21)22)11-13(2)23-15-7-9-17(10-8-15)24-16-5-3-14(19)4-6-16/h3-10,12-13,20H,11H2,1-2H3,(H,21,22). The molecule has 2 N–H and O–H groups in total. The number of rotatable bonds is 7. The van der Waals surface area contributed by atoms with Crippen LogP contribution in [0.4, 0.5) is 9.18 Å². The molecule has 0 fully saturated rings. The van der Waals surface area contributed by atoms with Gasteiger partial charge in [0.25, 0.3) is 0 Å². The Morgan fingerprint density at radius 1 is 1.04 bits per heavy atom. The Bertz CT molecular complexity index is 658. The second-order valence-electron chi connectivity index (χ2n) is 5.54. The molecule has 0 aliphatic heterocycles. The van der Waals surface area contributed by atoms with E-state index in [1.54, 1.807) is 43.3 Å². The van der Waals surface area contributed by atoms with Gasteiger partial charge in [0.05, 0.1) is 6.10 Å². The van der Waals surface area contributed by atoms with E-state index in [2.05, 4.69) is 5.32 Å². The van der Waals surface area contributed by atoms with Gasteiger partial charge in [-0.25, -0.2) is 9.18 Å². The number of benzene rings is 2. The molecule has 0 heterocycles. The van der Waals surface area contributed by atoms with Gasteiger partial charge in [-0.15, -0.1) is 0 Å². The van der Waals surface area contributed by atoms with Crippen LogP contribution >= 0.6 is 0 Å². The summed E-state index contributed by atoms with van der Waals surface area (Å²) in [4.78, 5) is 10.6. The molecule has 0 aromatic heterocycles. The zero-order valence-corrected chi connectivity index (χ0v) is 13.5. The quantitative estimate of drug-likeness (QED) is 0.786. The van der Waals surface area contributed by atoms with Crippen molar-refractivity contribution in [3.63, 3.8) is 0 Å². The topological polar surface area (TPSA) is 67.8 Å². The van der Waals surface area contributed by atoms with Gasteiger partial charge in [-0.3, -0.25) is 0 Å². The van der Waals surface area contributed by atoms with E-state index in [-0.39, 0.29) is 18.0 Å². The largest absolute Gasteiger partial charge is 0.491 e. The van der Waals surface area contributed by atoms with Gasteiger partial charge in [0, 0.05) is 12.5 Å². The monoisotopic (exact) mass is 333 g/mol. The molecule has 2 unspecified atom stereocenters. The molecule has 2 rings (SSSR count). The summed E-state index contributed by atoms with van der Waals surface area (Å²) in [6.07, 6.45) is -0.632. The normalized spacial score (nSPS) is 13.0. The maximum absolute atomic E-state index is 12.9. The summed E-state index contributed by atoms with van der Waals surface area (Å²) in [5, 5.41) is 11.1. The molecule has 0 bridgehead atoms. The summed E-state index contributed by atoms with van der Waals surface area (Å²) in [6.45, 7) is 3.66. The first-order chi connectivity index (χ1) is 11.4. The van der Waals surface area contributed by atoms with Gasteiger partial charge in [-0.2, -0.15) is 0 Å². The van der Waals surface area contributed by atoms with Gasteiger partial charge in [0.2, 0.25) is 0 Å². The average molecular weight is 333 g/mol. The maximum atomic E-state index is 12.9. The van der Waals surface area contributed by atoms with Crippen LogP contribution in [0.3, 0.4) is 0 Å². The molecule has 0 saturated carbocycles. The van der Waals surface area contributed by atoms with E-state index in [0.717, 1.165) is 0 Å². The highest BCUT2D eigenvalue weighted by molar-refractivity contribution is 5.64. The minimum Gasteiger partial charge on any atom is -0.491 e. The van der Waals surface area contributed by atoms with Gasteiger partial charge in [0.1, 0.15) is 23.1 Å². The van der Waals surface area contributed by atoms with Crippen LogP contribution in [0, 0.1) is 5.82 Å². The Morgan fingerprint density at radius 3 is 2.08 bits per heavy atom. The van der Waals surface area contributed by atoms with Gasteiger partial charge in [0.15, 0.2) is 0 Å².